The molecule has 2 heteroatoms. The van der Waals surface area contributed by atoms with E-state index in [1.165, 1.54) is 11.1 Å². The Morgan fingerprint density at radius 2 is 2.46 bits per heavy atom. The van der Waals surface area contributed by atoms with Gasteiger partial charge in [-0.25, -0.2) is 0 Å². The SMILES string of the molecule is CCNC(C)/C(C)=C/c1cc[nH]c1. The summed E-state index contributed by atoms with van der Waals surface area (Å²) in [5.74, 6) is 0. The molecule has 0 aromatic carbocycles. The van der Waals surface area contributed by atoms with Crippen molar-refractivity contribution in [2.45, 2.75) is 26.8 Å². The predicted octanol–water partition coefficient (Wildman–Crippen LogP) is 2.42. The highest BCUT2D eigenvalue weighted by molar-refractivity contribution is 5.52. The highest BCUT2D eigenvalue weighted by Crippen LogP contribution is 2.08. The third-order valence-corrected chi connectivity index (χ3v) is 2.21. The molecule has 1 unspecified atom stereocenters. The molecule has 0 aliphatic rings. The Balaban J connectivity index is 2.60. The molecule has 1 heterocycles. The number of likely N-dealkylation sites (N-methyl/N-ethyl adjacent to an activating group) is 1. The lowest BCUT2D eigenvalue weighted by atomic mass is 10.1. The molecule has 2 nitrogen and oxygen atoms in total. The van der Waals surface area contributed by atoms with E-state index in [1.54, 1.807) is 0 Å². The fraction of sp³-hybridized carbons (Fsp3) is 0.455. The maximum absolute atomic E-state index is 3.38. The molecule has 1 atom stereocenters. The van der Waals surface area contributed by atoms with Crippen LogP contribution in [0.4, 0.5) is 0 Å². The van der Waals surface area contributed by atoms with Gasteiger partial charge >= 0.3 is 0 Å². The van der Waals surface area contributed by atoms with E-state index in [0.29, 0.717) is 6.04 Å². The average Bonchev–Trinajstić information content (AvgIpc) is 2.57. The molecule has 0 aliphatic carbocycles. The Bertz CT molecular complexity index is 260. The van der Waals surface area contributed by atoms with Gasteiger partial charge in [0.25, 0.3) is 0 Å². The molecule has 1 aromatic heterocycles. The van der Waals surface area contributed by atoms with Crippen LogP contribution in [0.1, 0.15) is 26.3 Å². The largest absolute Gasteiger partial charge is 0.367 e. The first-order chi connectivity index (χ1) is 6.24. The van der Waals surface area contributed by atoms with Crippen molar-refractivity contribution in [2.24, 2.45) is 0 Å². The lowest BCUT2D eigenvalue weighted by molar-refractivity contribution is 0.636. The van der Waals surface area contributed by atoms with E-state index in [-0.39, 0.29) is 0 Å². The first-order valence-electron chi connectivity index (χ1n) is 4.78. The smallest absolute Gasteiger partial charge is 0.0251 e. The maximum Gasteiger partial charge on any atom is 0.0251 e. The zero-order valence-corrected chi connectivity index (χ0v) is 8.59. The van der Waals surface area contributed by atoms with Gasteiger partial charge in [0.05, 0.1) is 0 Å². The van der Waals surface area contributed by atoms with Crippen molar-refractivity contribution in [3.05, 3.63) is 29.6 Å². The van der Waals surface area contributed by atoms with Gasteiger partial charge < -0.3 is 10.3 Å². The van der Waals surface area contributed by atoms with E-state index in [9.17, 15) is 0 Å². The van der Waals surface area contributed by atoms with Crippen LogP contribution in [0.5, 0.6) is 0 Å². The van der Waals surface area contributed by atoms with Gasteiger partial charge in [0.1, 0.15) is 0 Å². The maximum atomic E-state index is 3.38. The molecule has 1 rings (SSSR count). The highest BCUT2D eigenvalue weighted by Gasteiger charge is 2.01. The summed E-state index contributed by atoms with van der Waals surface area (Å²) in [6.45, 7) is 7.47. The van der Waals surface area contributed by atoms with Crippen LogP contribution in [0.25, 0.3) is 6.08 Å². The second-order valence-corrected chi connectivity index (χ2v) is 3.31. The van der Waals surface area contributed by atoms with Crippen LogP contribution in [0.15, 0.2) is 24.0 Å². The molecule has 2 N–H and O–H groups in total. The topological polar surface area (TPSA) is 27.8 Å². The van der Waals surface area contributed by atoms with Gasteiger partial charge in [0.15, 0.2) is 0 Å². The molecule has 0 radical (unpaired) electrons. The minimum atomic E-state index is 0.458. The molecule has 0 bridgehead atoms. The summed E-state index contributed by atoms with van der Waals surface area (Å²) in [7, 11) is 0. The molecular weight excluding hydrogens is 160 g/mol. The molecular formula is C11H18N2. The van der Waals surface area contributed by atoms with Crippen LogP contribution < -0.4 is 5.32 Å². The van der Waals surface area contributed by atoms with E-state index in [2.05, 4.69) is 43.2 Å². The van der Waals surface area contributed by atoms with Crippen LogP contribution in [-0.4, -0.2) is 17.6 Å². The number of aromatic nitrogens is 1. The van der Waals surface area contributed by atoms with Gasteiger partial charge in [-0.05, 0) is 32.0 Å². The average molecular weight is 178 g/mol. The summed E-state index contributed by atoms with van der Waals surface area (Å²) in [5, 5.41) is 3.38. The molecule has 1 aromatic rings. The van der Waals surface area contributed by atoms with Gasteiger partial charge in [-0.3, -0.25) is 0 Å². The summed E-state index contributed by atoms with van der Waals surface area (Å²) in [4.78, 5) is 3.04. The fourth-order valence-electron chi connectivity index (χ4n) is 1.28. The molecule has 0 saturated carbocycles. The molecule has 13 heavy (non-hydrogen) atoms. The zero-order chi connectivity index (χ0) is 9.68. The Morgan fingerprint density at radius 1 is 1.69 bits per heavy atom. The summed E-state index contributed by atoms with van der Waals surface area (Å²) in [6, 6.07) is 2.53. The normalized spacial score (nSPS) is 14.5. The second-order valence-electron chi connectivity index (χ2n) is 3.31. The Kier molecular flexibility index (Phi) is 3.77. The van der Waals surface area contributed by atoms with Crippen molar-refractivity contribution < 1.29 is 0 Å². The molecule has 72 valence electrons. The third kappa shape index (κ3) is 3.07. The summed E-state index contributed by atoms with van der Waals surface area (Å²) in [5.41, 5.74) is 2.60. The number of nitrogens with one attached hydrogen (secondary N) is 2. The summed E-state index contributed by atoms with van der Waals surface area (Å²) < 4.78 is 0. The third-order valence-electron chi connectivity index (χ3n) is 2.21. The molecule has 0 spiro atoms. The van der Waals surface area contributed by atoms with Crippen molar-refractivity contribution in [3.63, 3.8) is 0 Å². The van der Waals surface area contributed by atoms with Gasteiger partial charge in [0.2, 0.25) is 0 Å². The molecule has 0 aliphatic heterocycles. The lowest BCUT2D eigenvalue weighted by Crippen LogP contribution is -2.26. The number of H-pyrrole nitrogens is 1. The monoisotopic (exact) mass is 178 g/mol. The number of hydrogen-bond donors (Lipinski definition) is 2. The minimum Gasteiger partial charge on any atom is -0.367 e. The van der Waals surface area contributed by atoms with Gasteiger partial charge in [-0.1, -0.05) is 18.6 Å². The second kappa shape index (κ2) is 4.87. The number of rotatable bonds is 4. The predicted molar refractivity (Wildman–Crippen MR) is 57.6 cm³/mol. The van der Waals surface area contributed by atoms with Gasteiger partial charge in [0, 0.05) is 18.4 Å². The molecule has 0 fully saturated rings. The van der Waals surface area contributed by atoms with E-state index in [0.717, 1.165) is 6.54 Å². The molecule has 0 saturated heterocycles. The number of aromatic amines is 1. The summed E-state index contributed by atoms with van der Waals surface area (Å²) in [6.07, 6.45) is 6.14. The van der Waals surface area contributed by atoms with Gasteiger partial charge in [-0.2, -0.15) is 0 Å². The highest BCUT2D eigenvalue weighted by atomic mass is 14.9. The van der Waals surface area contributed by atoms with Crippen molar-refractivity contribution in [3.8, 4) is 0 Å². The van der Waals surface area contributed by atoms with Crippen LogP contribution in [-0.2, 0) is 0 Å². The van der Waals surface area contributed by atoms with Crippen molar-refractivity contribution in [2.75, 3.05) is 6.54 Å². The van der Waals surface area contributed by atoms with Crippen molar-refractivity contribution in [1.29, 1.82) is 0 Å². The summed E-state index contributed by atoms with van der Waals surface area (Å²) >= 11 is 0. The van der Waals surface area contributed by atoms with Crippen LogP contribution >= 0.6 is 0 Å². The first kappa shape index (κ1) is 10.1. The van der Waals surface area contributed by atoms with Crippen LogP contribution in [0, 0.1) is 0 Å². The van der Waals surface area contributed by atoms with Crippen LogP contribution in [0.3, 0.4) is 0 Å². The first-order valence-corrected chi connectivity index (χ1v) is 4.78. The quantitative estimate of drug-likeness (QED) is 0.728. The fourth-order valence-corrected chi connectivity index (χ4v) is 1.28. The van der Waals surface area contributed by atoms with Crippen molar-refractivity contribution >= 4 is 6.08 Å². The van der Waals surface area contributed by atoms with Crippen LogP contribution in [0.2, 0.25) is 0 Å². The number of hydrogen-bond acceptors (Lipinski definition) is 1. The van der Waals surface area contributed by atoms with Gasteiger partial charge in [-0.15, -0.1) is 0 Å². The van der Waals surface area contributed by atoms with Crippen molar-refractivity contribution in [1.82, 2.24) is 10.3 Å². The Labute approximate surface area is 80.1 Å². The Morgan fingerprint density at radius 3 is 3.00 bits per heavy atom. The van der Waals surface area contributed by atoms with E-state index >= 15 is 0 Å². The van der Waals surface area contributed by atoms with E-state index < -0.39 is 0 Å². The Hall–Kier alpha value is -1.02. The lowest BCUT2D eigenvalue weighted by Gasteiger charge is -2.12. The molecule has 0 amide bonds. The van der Waals surface area contributed by atoms with E-state index in [4.69, 9.17) is 0 Å². The standard InChI is InChI=1S/C11H18N2/c1-4-13-10(3)9(2)7-11-5-6-12-8-11/h5-8,10,12-13H,4H2,1-3H3/b9-7+. The minimum absolute atomic E-state index is 0.458. The zero-order valence-electron chi connectivity index (χ0n) is 8.59. The van der Waals surface area contributed by atoms with E-state index in [1.807, 2.05) is 12.4 Å².